The molecule has 94 valence electrons. The Kier molecular flexibility index (Phi) is 5.29. The molecule has 0 saturated carbocycles. The molecule has 3 heteroatoms. The molecule has 0 bridgehead atoms. The number of hydrogen-bond acceptors (Lipinski definition) is 2. The van der Waals surface area contributed by atoms with Crippen molar-refractivity contribution in [1.82, 2.24) is 10.2 Å². The summed E-state index contributed by atoms with van der Waals surface area (Å²) in [7, 11) is 0. The number of piperazine rings is 1. The predicted molar refractivity (Wildman–Crippen MR) is 72.0 cm³/mol. The quantitative estimate of drug-likeness (QED) is 0.818. The Morgan fingerprint density at radius 3 is 2.75 bits per heavy atom. The summed E-state index contributed by atoms with van der Waals surface area (Å²) in [4.78, 5) is 2.58. The summed E-state index contributed by atoms with van der Waals surface area (Å²) < 4.78 is 0. The number of halogens is 1. The summed E-state index contributed by atoms with van der Waals surface area (Å²) >= 11 is 5.77. The maximum absolute atomic E-state index is 5.77. The third-order valence-electron chi connectivity index (χ3n) is 3.86. The SMILES string of the molecule is CCC1CN(CC(C)=CCl)C(C)(CC)CN1. The average Bonchev–Trinajstić information content (AvgIpc) is 2.31. The molecule has 16 heavy (non-hydrogen) atoms. The van der Waals surface area contributed by atoms with Gasteiger partial charge in [-0.3, -0.25) is 4.90 Å². The highest BCUT2D eigenvalue weighted by Crippen LogP contribution is 2.24. The zero-order valence-corrected chi connectivity index (χ0v) is 11.8. The van der Waals surface area contributed by atoms with Crippen molar-refractivity contribution in [3.05, 3.63) is 11.1 Å². The molecule has 1 aliphatic heterocycles. The maximum atomic E-state index is 5.77. The van der Waals surface area contributed by atoms with Gasteiger partial charge < -0.3 is 5.32 Å². The van der Waals surface area contributed by atoms with Gasteiger partial charge in [-0.1, -0.05) is 25.4 Å². The summed E-state index contributed by atoms with van der Waals surface area (Å²) in [6, 6.07) is 0.628. The standard InChI is InChI=1S/C13H25ClN2/c1-5-12-9-16(8-11(3)7-14)13(4,6-2)10-15-12/h7,12,15H,5-6,8-10H2,1-4H3. The van der Waals surface area contributed by atoms with Crippen molar-refractivity contribution < 1.29 is 0 Å². The van der Waals surface area contributed by atoms with E-state index in [0.29, 0.717) is 6.04 Å². The van der Waals surface area contributed by atoms with Crippen LogP contribution >= 0.6 is 11.6 Å². The van der Waals surface area contributed by atoms with Gasteiger partial charge in [0.15, 0.2) is 0 Å². The van der Waals surface area contributed by atoms with Crippen molar-refractivity contribution in [1.29, 1.82) is 0 Å². The van der Waals surface area contributed by atoms with Crippen LogP contribution in [0.5, 0.6) is 0 Å². The Balaban J connectivity index is 2.72. The van der Waals surface area contributed by atoms with Gasteiger partial charge in [0.25, 0.3) is 0 Å². The summed E-state index contributed by atoms with van der Waals surface area (Å²) in [6.45, 7) is 12.2. The summed E-state index contributed by atoms with van der Waals surface area (Å²) in [5.41, 5.74) is 3.23. The fourth-order valence-electron chi connectivity index (χ4n) is 2.24. The lowest BCUT2D eigenvalue weighted by Gasteiger charge is -2.48. The fourth-order valence-corrected chi connectivity index (χ4v) is 2.31. The highest BCUT2D eigenvalue weighted by Gasteiger charge is 2.35. The topological polar surface area (TPSA) is 15.3 Å². The first-order valence-electron chi connectivity index (χ1n) is 6.30. The lowest BCUT2D eigenvalue weighted by atomic mass is 9.91. The zero-order chi connectivity index (χ0) is 12.2. The van der Waals surface area contributed by atoms with Crippen LogP contribution in [-0.4, -0.2) is 36.1 Å². The van der Waals surface area contributed by atoms with Crippen molar-refractivity contribution in [2.75, 3.05) is 19.6 Å². The van der Waals surface area contributed by atoms with Crippen molar-refractivity contribution in [3.8, 4) is 0 Å². The Bertz CT molecular complexity index is 252. The first-order chi connectivity index (χ1) is 7.55. The van der Waals surface area contributed by atoms with Gasteiger partial charge in [-0.25, -0.2) is 0 Å². The molecule has 0 aromatic heterocycles. The molecule has 1 saturated heterocycles. The van der Waals surface area contributed by atoms with Gasteiger partial charge in [0, 0.05) is 36.8 Å². The van der Waals surface area contributed by atoms with Crippen LogP contribution in [0.15, 0.2) is 11.1 Å². The second-order valence-electron chi connectivity index (χ2n) is 5.17. The van der Waals surface area contributed by atoms with E-state index in [1.165, 1.54) is 18.4 Å². The zero-order valence-electron chi connectivity index (χ0n) is 11.0. The Morgan fingerprint density at radius 2 is 2.25 bits per heavy atom. The molecule has 0 aromatic carbocycles. The molecule has 1 fully saturated rings. The Hall–Kier alpha value is -0.0500. The first-order valence-corrected chi connectivity index (χ1v) is 6.73. The largest absolute Gasteiger partial charge is 0.311 e. The summed E-state index contributed by atoms with van der Waals surface area (Å²) in [6.07, 6.45) is 2.37. The minimum absolute atomic E-state index is 0.271. The van der Waals surface area contributed by atoms with E-state index in [-0.39, 0.29) is 5.54 Å². The van der Waals surface area contributed by atoms with E-state index in [1.807, 2.05) is 0 Å². The molecule has 0 aromatic rings. The number of hydrogen-bond donors (Lipinski definition) is 1. The highest BCUT2D eigenvalue weighted by molar-refractivity contribution is 6.25. The second-order valence-corrected chi connectivity index (χ2v) is 5.39. The molecule has 0 aliphatic carbocycles. The highest BCUT2D eigenvalue weighted by atomic mass is 35.5. The molecule has 0 amide bonds. The third-order valence-corrected chi connectivity index (χ3v) is 4.23. The predicted octanol–water partition coefficient (Wildman–Crippen LogP) is 2.98. The number of nitrogens with zero attached hydrogens (tertiary/aromatic N) is 1. The van der Waals surface area contributed by atoms with Crippen LogP contribution in [0.2, 0.25) is 0 Å². The van der Waals surface area contributed by atoms with Crippen LogP contribution in [0.4, 0.5) is 0 Å². The monoisotopic (exact) mass is 244 g/mol. The third kappa shape index (κ3) is 3.22. The number of rotatable bonds is 4. The van der Waals surface area contributed by atoms with Gasteiger partial charge in [-0.15, -0.1) is 0 Å². The van der Waals surface area contributed by atoms with Gasteiger partial charge in [-0.05, 0) is 32.3 Å². The molecule has 2 nitrogen and oxygen atoms in total. The number of nitrogens with one attached hydrogen (secondary N) is 1. The van der Waals surface area contributed by atoms with E-state index in [2.05, 4.69) is 37.9 Å². The Labute approximate surface area is 105 Å². The average molecular weight is 245 g/mol. The van der Waals surface area contributed by atoms with Crippen LogP contribution in [0.25, 0.3) is 0 Å². The van der Waals surface area contributed by atoms with Gasteiger partial charge in [-0.2, -0.15) is 0 Å². The molecule has 0 spiro atoms. The van der Waals surface area contributed by atoms with Crippen molar-refractivity contribution in [2.24, 2.45) is 0 Å². The molecular formula is C13H25ClN2. The molecule has 0 radical (unpaired) electrons. The van der Waals surface area contributed by atoms with E-state index >= 15 is 0 Å². The van der Waals surface area contributed by atoms with Gasteiger partial charge in [0.2, 0.25) is 0 Å². The lowest BCUT2D eigenvalue weighted by Crippen LogP contribution is -2.63. The second kappa shape index (κ2) is 6.04. The van der Waals surface area contributed by atoms with Crippen molar-refractivity contribution >= 4 is 11.6 Å². The molecule has 1 rings (SSSR count). The smallest absolute Gasteiger partial charge is 0.0307 e. The van der Waals surface area contributed by atoms with Gasteiger partial charge in [0.1, 0.15) is 0 Å². The van der Waals surface area contributed by atoms with Crippen molar-refractivity contribution in [2.45, 2.75) is 52.1 Å². The minimum Gasteiger partial charge on any atom is -0.311 e. The molecule has 1 N–H and O–H groups in total. The van der Waals surface area contributed by atoms with Crippen molar-refractivity contribution in [3.63, 3.8) is 0 Å². The normalized spacial score (nSPS) is 33.1. The van der Waals surface area contributed by atoms with Crippen LogP contribution < -0.4 is 5.32 Å². The first kappa shape index (κ1) is 14.0. The molecule has 2 unspecified atom stereocenters. The van der Waals surface area contributed by atoms with Gasteiger partial charge >= 0.3 is 0 Å². The molecule has 1 heterocycles. The molecular weight excluding hydrogens is 220 g/mol. The molecule has 1 aliphatic rings. The van der Waals surface area contributed by atoms with E-state index in [0.717, 1.165) is 19.6 Å². The summed E-state index contributed by atoms with van der Waals surface area (Å²) in [5.74, 6) is 0. The maximum Gasteiger partial charge on any atom is 0.0307 e. The minimum atomic E-state index is 0.271. The van der Waals surface area contributed by atoms with E-state index in [4.69, 9.17) is 11.6 Å². The van der Waals surface area contributed by atoms with Crippen LogP contribution in [0.1, 0.15) is 40.5 Å². The fraction of sp³-hybridized carbons (Fsp3) is 0.846. The van der Waals surface area contributed by atoms with E-state index in [1.54, 1.807) is 5.54 Å². The van der Waals surface area contributed by atoms with Crippen LogP contribution in [0, 0.1) is 0 Å². The van der Waals surface area contributed by atoms with E-state index in [9.17, 15) is 0 Å². The Morgan fingerprint density at radius 1 is 1.56 bits per heavy atom. The molecule has 2 atom stereocenters. The van der Waals surface area contributed by atoms with Gasteiger partial charge in [0.05, 0.1) is 0 Å². The van der Waals surface area contributed by atoms with Crippen LogP contribution in [-0.2, 0) is 0 Å². The van der Waals surface area contributed by atoms with E-state index < -0.39 is 0 Å². The summed E-state index contributed by atoms with van der Waals surface area (Å²) in [5, 5.41) is 3.64. The van der Waals surface area contributed by atoms with Crippen LogP contribution in [0.3, 0.4) is 0 Å². The lowest BCUT2D eigenvalue weighted by molar-refractivity contribution is 0.0572.